The second kappa shape index (κ2) is 6.58. The normalized spacial score (nSPS) is 15.7. The highest BCUT2D eigenvalue weighted by Crippen LogP contribution is 2.36. The van der Waals surface area contributed by atoms with Crippen LogP contribution in [0.1, 0.15) is 50.7 Å². The quantitative estimate of drug-likeness (QED) is 0.826. The predicted octanol–water partition coefficient (Wildman–Crippen LogP) is 3.68. The summed E-state index contributed by atoms with van der Waals surface area (Å²) in [6.45, 7) is 6.95. The topological polar surface area (TPSA) is 75.3 Å². The van der Waals surface area contributed by atoms with Crippen LogP contribution in [-0.4, -0.2) is 39.9 Å². The number of aldehydes is 1. The van der Waals surface area contributed by atoms with Gasteiger partial charge in [-0.25, -0.2) is 18.6 Å². The number of aromatic amines is 1. The van der Waals surface area contributed by atoms with E-state index in [0.717, 1.165) is 6.29 Å². The molecule has 2 aromatic rings. The van der Waals surface area contributed by atoms with Crippen molar-refractivity contribution in [3.05, 3.63) is 28.6 Å². The van der Waals surface area contributed by atoms with Gasteiger partial charge in [0.1, 0.15) is 28.7 Å². The molecule has 1 aromatic carbocycles. The van der Waals surface area contributed by atoms with Gasteiger partial charge in [-0.15, -0.1) is 0 Å². The van der Waals surface area contributed by atoms with Gasteiger partial charge in [-0.2, -0.15) is 0 Å². The summed E-state index contributed by atoms with van der Waals surface area (Å²) in [5.41, 5.74) is -0.384. The highest BCUT2D eigenvalue weighted by molar-refractivity contribution is 5.80. The predicted molar refractivity (Wildman–Crippen MR) is 95.4 cm³/mol. The number of carbonyl (C=O) groups is 2. The summed E-state index contributed by atoms with van der Waals surface area (Å²) in [5, 5.41) is 0. The number of amides is 1. The summed E-state index contributed by atoms with van der Waals surface area (Å²) in [7, 11) is 1.54. The van der Waals surface area contributed by atoms with Crippen molar-refractivity contribution in [2.45, 2.75) is 52.2 Å². The lowest BCUT2D eigenvalue weighted by atomic mass is 10.1. The fourth-order valence-electron chi connectivity index (χ4n) is 3.26. The Bertz CT molecular complexity index is 868. The first-order valence-corrected chi connectivity index (χ1v) is 8.83. The Kier molecular flexibility index (Phi) is 4.69. The summed E-state index contributed by atoms with van der Waals surface area (Å²) in [4.78, 5) is 31.5. The van der Waals surface area contributed by atoms with Crippen LogP contribution in [-0.2, 0) is 22.4 Å². The zero-order chi connectivity index (χ0) is 20.1. The number of hydrogen-bond donors (Lipinski definition) is 1. The van der Waals surface area contributed by atoms with Crippen LogP contribution in [0.3, 0.4) is 0 Å². The van der Waals surface area contributed by atoms with Gasteiger partial charge in [0.15, 0.2) is 11.6 Å². The molecule has 6 nitrogen and oxygen atoms in total. The second-order valence-electron chi connectivity index (χ2n) is 8.00. The molecular weight excluding hydrogens is 356 g/mol. The molecule has 2 atom stereocenters. The lowest BCUT2D eigenvalue weighted by Crippen LogP contribution is -2.36. The molecule has 1 aliphatic carbocycles. The minimum Gasteiger partial charge on any atom is -0.444 e. The monoisotopic (exact) mass is 379 g/mol. The van der Waals surface area contributed by atoms with Crippen LogP contribution in [0, 0.1) is 17.6 Å². The second-order valence-corrected chi connectivity index (χ2v) is 8.00. The summed E-state index contributed by atoms with van der Waals surface area (Å²) >= 11 is 0. The van der Waals surface area contributed by atoms with Gasteiger partial charge in [0.05, 0.1) is 6.04 Å². The molecule has 1 aromatic heterocycles. The number of rotatable bonds is 3. The van der Waals surface area contributed by atoms with Gasteiger partial charge in [0.25, 0.3) is 0 Å². The first kappa shape index (κ1) is 19.3. The van der Waals surface area contributed by atoms with E-state index in [1.807, 2.05) is 0 Å². The number of imidazole rings is 1. The zero-order valence-electron chi connectivity index (χ0n) is 16.0. The molecule has 27 heavy (non-hydrogen) atoms. The third-order valence-electron chi connectivity index (χ3n) is 4.83. The van der Waals surface area contributed by atoms with E-state index in [4.69, 9.17) is 4.74 Å². The minimum absolute atomic E-state index is 0.0442. The molecule has 1 unspecified atom stereocenters. The Morgan fingerprint density at radius 2 is 1.89 bits per heavy atom. The molecule has 0 fully saturated rings. The Morgan fingerprint density at radius 1 is 1.30 bits per heavy atom. The average Bonchev–Trinajstić information content (AvgIpc) is 3.21. The van der Waals surface area contributed by atoms with E-state index in [-0.39, 0.29) is 40.8 Å². The Hall–Kier alpha value is -2.51. The van der Waals surface area contributed by atoms with Gasteiger partial charge in [-0.3, -0.25) is 0 Å². The number of fused-ring (bicyclic) bond motifs is 2. The maximum atomic E-state index is 14.9. The number of aromatic nitrogens is 2. The number of H-pyrrole nitrogens is 1. The summed E-state index contributed by atoms with van der Waals surface area (Å²) in [6, 6.07) is -0.580. The van der Waals surface area contributed by atoms with Gasteiger partial charge in [0, 0.05) is 13.0 Å². The number of ether oxygens (including phenoxy) is 1. The van der Waals surface area contributed by atoms with Crippen molar-refractivity contribution in [1.82, 2.24) is 14.9 Å². The number of nitrogens with one attached hydrogen (secondary N) is 1. The maximum Gasteiger partial charge on any atom is 0.410 e. The first-order chi connectivity index (χ1) is 12.5. The Morgan fingerprint density at radius 3 is 2.44 bits per heavy atom. The molecule has 0 radical (unpaired) electrons. The molecular formula is C19H23F2N3O3. The summed E-state index contributed by atoms with van der Waals surface area (Å²) in [6.07, 6.45) is 0.517. The van der Waals surface area contributed by atoms with Crippen molar-refractivity contribution < 1.29 is 23.1 Å². The fourth-order valence-corrected chi connectivity index (χ4v) is 3.26. The van der Waals surface area contributed by atoms with Crippen molar-refractivity contribution in [2.75, 3.05) is 7.05 Å². The van der Waals surface area contributed by atoms with Gasteiger partial charge in [-0.05, 0) is 51.7 Å². The van der Waals surface area contributed by atoms with Crippen molar-refractivity contribution >= 4 is 23.4 Å². The minimum atomic E-state index is -0.660. The molecule has 146 valence electrons. The molecule has 1 N–H and O–H groups in total. The van der Waals surface area contributed by atoms with E-state index < -0.39 is 35.3 Å². The van der Waals surface area contributed by atoms with Crippen LogP contribution in [0.4, 0.5) is 13.6 Å². The van der Waals surface area contributed by atoms with Crippen LogP contribution in [0.2, 0.25) is 0 Å². The van der Waals surface area contributed by atoms with Gasteiger partial charge < -0.3 is 19.4 Å². The van der Waals surface area contributed by atoms with Crippen LogP contribution in [0.5, 0.6) is 0 Å². The SMILES string of the molecule is C[C@@H](c1nc2c(F)c3c(c(F)c2[nH]1)CC(C=O)C3)N(C)C(=O)OC(C)(C)C. The number of hydrogen-bond acceptors (Lipinski definition) is 4. The van der Waals surface area contributed by atoms with Crippen molar-refractivity contribution in [3.63, 3.8) is 0 Å². The lowest BCUT2D eigenvalue weighted by Gasteiger charge is -2.27. The fraction of sp³-hybridized carbons (Fsp3) is 0.526. The van der Waals surface area contributed by atoms with Gasteiger partial charge >= 0.3 is 6.09 Å². The molecule has 8 heteroatoms. The van der Waals surface area contributed by atoms with Crippen molar-refractivity contribution in [1.29, 1.82) is 0 Å². The lowest BCUT2D eigenvalue weighted by molar-refractivity contribution is -0.110. The number of carbonyl (C=O) groups excluding carboxylic acids is 2. The molecule has 0 saturated heterocycles. The molecule has 0 saturated carbocycles. The Labute approximate surface area is 155 Å². The van der Waals surface area contributed by atoms with E-state index in [2.05, 4.69) is 9.97 Å². The molecule has 3 rings (SSSR count). The van der Waals surface area contributed by atoms with Gasteiger partial charge in [0.2, 0.25) is 0 Å². The van der Waals surface area contributed by atoms with E-state index in [0.29, 0.717) is 0 Å². The van der Waals surface area contributed by atoms with Crippen molar-refractivity contribution in [3.8, 4) is 0 Å². The molecule has 1 heterocycles. The zero-order valence-corrected chi connectivity index (χ0v) is 16.0. The molecule has 0 bridgehead atoms. The summed E-state index contributed by atoms with van der Waals surface area (Å²) in [5.74, 6) is -1.35. The van der Waals surface area contributed by atoms with Crippen molar-refractivity contribution in [2.24, 2.45) is 5.92 Å². The van der Waals surface area contributed by atoms with Crippen LogP contribution in [0.15, 0.2) is 0 Å². The summed E-state index contributed by atoms with van der Waals surface area (Å²) < 4.78 is 35.0. The van der Waals surface area contributed by atoms with Crippen LogP contribution in [0.25, 0.3) is 11.0 Å². The molecule has 1 amide bonds. The van der Waals surface area contributed by atoms with Crippen LogP contribution < -0.4 is 0 Å². The Balaban J connectivity index is 1.96. The highest BCUT2D eigenvalue weighted by Gasteiger charge is 2.32. The average molecular weight is 379 g/mol. The van der Waals surface area contributed by atoms with Crippen LogP contribution >= 0.6 is 0 Å². The van der Waals surface area contributed by atoms with E-state index >= 15 is 0 Å². The maximum absolute atomic E-state index is 14.9. The van der Waals surface area contributed by atoms with Gasteiger partial charge in [-0.1, -0.05) is 0 Å². The number of halogens is 2. The van der Waals surface area contributed by atoms with E-state index in [1.165, 1.54) is 11.9 Å². The standard InChI is InChI=1S/C19H23F2N3O3/c1-9(24(5)18(26)27-19(2,3)4)17-22-15-13(20)11-6-10(8-25)7-12(11)14(21)16(15)23-17/h8-10H,6-7H2,1-5H3,(H,22,23)/t9-/m0/s1. The number of nitrogens with zero attached hydrogens (tertiary/aromatic N) is 2. The molecule has 0 spiro atoms. The third kappa shape index (κ3) is 3.40. The molecule has 1 aliphatic rings. The largest absolute Gasteiger partial charge is 0.444 e. The number of benzene rings is 1. The highest BCUT2D eigenvalue weighted by atomic mass is 19.1. The third-order valence-corrected chi connectivity index (χ3v) is 4.83. The van der Waals surface area contributed by atoms with E-state index in [1.54, 1.807) is 27.7 Å². The molecule has 0 aliphatic heterocycles. The van der Waals surface area contributed by atoms with E-state index in [9.17, 15) is 18.4 Å². The smallest absolute Gasteiger partial charge is 0.410 e. The first-order valence-electron chi connectivity index (χ1n) is 8.83.